The van der Waals surface area contributed by atoms with Gasteiger partial charge >= 0.3 is 0 Å². The maximum absolute atomic E-state index is 12.6. The maximum atomic E-state index is 12.6. The molecule has 128 valence electrons. The number of carbonyl (C=O) groups is 4. The van der Waals surface area contributed by atoms with Crippen LogP contribution in [0.4, 0.5) is 0 Å². The van der Waals surface area contributed by atoms with Crippen LogP contribution in [0.25, 0.3) is 6.08 Å². The van der Waals surface area contributed by atoms with Crippen LogP contribution in [-0.2, 0) is 19.2 Å². The fourth-order valence-electron chi connectivity index (χ4n) is 2.61. The topological polar surface area (TPSA) is 97.8 Å². The highest BCUT2D eigenvalue weighted by molar-refractivity contribution is 8.26. The van der Waals surface area contributed by atoms with E-state index in [2.05, 4.69) is 0 Å². The first-order valence-corrected chi connectivity index (χ1v) is 8.47. The first-order valence-electron chi connectivity index (χ1n) is 7.24. The number of likely N-dealkylation sites (tertiary alicyclic amines) is 1. The lowest BCUT2D eigenvalue weighted by molar-refractivity contribution is -0.305. The third kappa shape index (κ3) is 3.33. The largest absolute Gasteiger partial charge is 0.548 e. The molecule has 7 nitrogen and oxygen atoms in total. The summed E-state index contributed by atoms with van der Waals surface area (Å²) in [6, 6.07) is 8.02. The van der Waals surface area contributed by atoms with Crippen LogP contribution >= 0.6 is 24.0 Å². The van der Waals surface area contributed by atoms with Gasteiger partial charge < -0.3 is 9.90 Å². The molecule has 9 heteroatoms. The Morgan fingerprint density at radius 2 is 1.96 bits per heavy atom. The zero-order valence-corrected chi connectivity index (χ0v) is 14.3. The quantitative estimate of drug-likeness (QED) is 0.407. The molecule has 2 aliphatic rings. The van der Waals surface area contributed by atoms with Gasteiger partial charge in [-0.05, 0) is 11.6 Å². The van der Waals surface area contributed by atoms with Crippen LogP contribution in [0.5, 0.6) is 0 Å². The van der Waals surface area contributed by atoms with Gasteiger partial charge in [-0.15, -0.1) is 0 Å². The van der Waals surface area contributed by atoms with E-state index in [1.54, 1.807) is 6.08 Å². The summed E-state index contributed by atoms with van der Waals surface area (Å²) in [4.78, 5) is 49.5. The number of carbonyl (C=O) groups excluding carboxylic acids is 4. The molecule has 3 amide bonds. The number of amides is 3. The molecular weight excluding hydrogens is 364 g/mol. The van der Waals surface area contributed by atoms with Gasteiger partial charge in [0.2, 0.25) is 5.91 Å². The van der Waals surface area contributed by atoms with E-state index in [1.165, 1.54) is 0 Å². The summed E-state index contributed by atoms with van der Waals surface area (Å²) in [7, 11) is 0. The zero-order chi connectivity index (χ0) is 18.1. The minimum absolute atomic E-state index is 0.161. The van der Waals surface area contributed by atoms with E-state index in [0.29, 0.717) is 9.81 Å². The Balaban J connectivity index is 1.84. The fraction of sp³-hybridized carbons (Fsp3) is 0.188. The van der Waals surface area contributed by atoms with Crippen LogP contribution in [0, 0.1) is 0 Å². The minimum Gasteiger partial charge on any atom is -0.548 e. The second-order valence-corrected chi connectivity index (χ2v) is 7.05. The van der Waals surface area contributed by atoms with E-state index in [4.69, 9.17) is 12.2 Å². The minimum atomic E-state index is -1.54. The van der Waals surface area contributed by atoms with E-state index in [-0.39, 0.29) is 10.7 Å². The second-order valence-electron chi connectivity index (χ2n) is 5.37. The standard InChI is InChI=1S/C16H12N2O5S2/c19-12-7-10(14(22)17(12)8-13(20)21)18-15(23)11(25-16(18)24)6-9-4-2-1-3-5-9/h1-6,10H,7-8H2,(H,20,21)/p-1/b11-6-/t10-/m0/s1. The second kappa shape index (κ2) is 6.77. The maximum Gasteiger partial charge on any atom is 0.266 e. The lowest BCUT2D eigenvalue weighted by Gasteiger charge is -2.21. The van der Waals surface area contributed by atoms with E-state index < -0.39 is 36.3 Å². The summed E-state index contributed by atoms with van der Waals surface area (Å²) in [5, 5.41) is 10.7. The normalized spacial score (nSPS) is 22.4. The Morgan fingerprint density at radius 1 is 1.28 bits per heavy atom. The van der Waals surface area contributed by atoms with Gasteiger partial charge in [-0.1, -0.05) is 54.3 Å². The molecule has 0 bridgehead atoms. The summed E-state index contributed by atoms with van der Waals surface area (Å²) in [5.74, 6) is -3.44. The zero-order valence-electron chi connectivity index (χ0n) is 12.7. The average molecular weight is 375 g/mol. The van der Waals surface area contributed by atoms with Crippen molar-refractivity contribution in [3.63, 3.8) is 0 Å². The fourth-order valence-corrected chi connectivity index (χ4v) is 3.97. The van der Waals surface area contributed by atoms with Gasteiger partial charge in [0.25, 0.3) is 11.8 Å². The molecule has 0 aromatic heterocycles. The predicted molar refractivity (Wildman–Crippen MR) is 91.6 cm³/mol. The van der Waals surface area contributed by atoms with E-state index in [1.807, 2.05) is 30.3 Å². The lowest BCUT2D eigenvalue weighted by atomic mass is 10.2. The highest BCUT2D eigenvalue weighted by Gasteiger charge is 2.48. The molecule has 1 aromatic carbocycles. The van der Waals surface area contributed by atoms with Gasteiger partial charge in [-0.2, -0.15) is 0 Å². The third-order valence-electron chi connectivity index (χ3n) is 3.74. The number of thiocarbonyl (C=S) groups is 1. The van der Waals surface area contributed by atoms with Crippen LogP contribution < -0.4 is 5.11 Å². The number of carboxylic acids is 1. The number of hydrogen-bond donors (Lipinski definition) is 0. The summed E-state index contributed by atoms with van der Waals surface area (Å²) in [6.45, 7) is -0.831. The molecule has 0 saturated carbocycles. The summed E-state index contributed by atoms with van der Waals surface area (Å²) < 4.78 is 0.161. The SMILES string of the molecule is O=C([O-])CN1C(=O)C[C@H](N2C(=O)/C(=C/c3ccccc3)SC2=S)C1=O. The summed E-state index contributed by atoms with van der Waals surface area (Å²) in [5.41, 5.74) is 0.801. The molecule has 25 heavy (non-hydrogen) atoms. The van der Waals surface area contributed by atoms with Gasteiger partial charge in [0, 0.05) is 0 Å². The van der Waals surface area contributed by atoms with Crippen molar-refractivity contribution in [1.82, 2.24) is 9.80 Å². The smallest absolute Gasteiger partial charge is 0.266 e. The molecule has 2 fully saturated rings. The number of benzene rings is 1. The molecule has 1 aromatic rings. The average Bonchev–Trinajstić information content (AvgIpc) is 2.98. The van der Waals surface area contributed by atoms with Crippen molar-refractivity contribution in [2.75, 3.05) is 6.54 Å². The molecular formula is C16H11N2O5S2-. The molecule has 1 atom stereocenters. The third-order valence-corrected chi connectivity index (χ3v) is 5.07. The van der Waals surface area contributed by atoms with E-state index in [0.717, 1.165) is 22.2 Å². The number of imide groups is 1. The van der Waals surface area contributed by atoms with Crippen molar-refractivity contribution in [3.8, 4) is 0 Å². The Hall–Kier alpha value is -2.52. The van der Waals surface area contributed by atoms with Crippen molar-refractivity contribution < 1.29 is 24.3 Å². The van der Waals surface area contributed by atoms with Crippen LogP contribution in [0.3, 0.4) is 0 Å². The van der Waals surface area contributed by atoms with Crippen LogP contribution in [-0.4, -0.2) is 50.4 Å². The molecule has 2 aliphatic heterocycles. The summed E-state index contributed by atoms with van der Waals surface area (Å²) >= 11 is 6.22. The van der Waals surface area contributed by atoms with Crippen molar-refractivity contribution >= 4 is 58.1 Å². The summed E-state index contributed by atoms with van der Waals surface area (Å²) in [6.07, 6.45) is 1.36. The van der Waals surface area contributed by atoms with E-state index >= 15 is 0 Å². The van der Waals surface area contributed by atoms with Gasteiger partial charge in [-0.3, -0.25) is 24.2 Å². The van der Waals surface area contributed by atoms with Crippen molar-refractivity contribution in [1.29, 1.82) is 0 Å². The Morgan fingerprint density at radius 3 is 2.60 bits per heavy atom. The number of carboxylic acid groups (broad SMARTS) is 1. The van der Waals surface area contributed by atoms with Gasteiger partial charge in [0.1, 0.15) is 10.4 Å². The predicted octanol–water partition coefficient (Wildman–Crippen LogP) is -0.235. The monoisotopic (exact) mass is 375 g/mol. The molecule has 0 unspecified atom stereocenters. The van der Waals surface area contributed by atoms with Crippen molar-refractivity contribution in [3.05, 3.63) is 40.8 Å². The molecule has 0 spiro atoms. The molecule has 0 radical (unpaired) electrons. The first-order chi connectivity index (χ1) is 11.9. The van der Waals surface area contributed by atoms with E-state index in [9.17, 15) is 24.3 Å². The Kier molecular flexibility index (Phi) is 4.69. The van der Waals surface area contributed by atoms with Crippen molar-refractivity contribution in [2.24, 2.45) is 0 Å². The Bertz CT molecular complexity index is 821. The molecule has 2 saturated heterocycles. The number of thioether (sulfide) groups is 1. The van der Waals surface area contributed by atoms with Gasteiger partial charge in [0.05, 0.1) is 23.8 Å². The number of rotatable bonds is 4. The van der Waals surface area contributed by atoms with Gasteiger partial charge in [0.15, 0.2) is 0 Å². The number of nitrogens with zero attached hydrogens (tertiary/aromatic N) is 2. The molecule has 0 N–H and O–H groups in total. The number of hydrogen-bond acceptors (Lipinski definition) is 7. The number of aliphatic carboxylic acids is 1. The first kappa shape index (κ1) is 17.3. The van der Waals surface area contributed by atoms with Gasteiger partial charge in [-0.25, -0.2) is 0 Å². The Labute approximate surface area is 152 Å². The highest BCUT2D eigenvalue weighted by atomic mass is 32.2. The van der Waals surface area contributed by atoms with Crippen LogP contribution in [0.15, 0.2) is 35.2 Å². The van der Waals surface area contributed by atoms with Crippen LogP contribution in [0.2, 0.25) is 0 Å². The van der Waals surface area contributed by atoms with Crippen molar-refractivity contribution in [2.45, 2.75) is 12.5 Å². The molecule has 2 heterocycles. The highest BCUT2D eigenvalue weighted by Crippen LogP contribution is 2.36. The van der Waals surface area contributed by atoms with Crippen LogP contribution in [0.1, 0.15) is 12.0 Å². The lowest BCUT2D eigenvalue weighted by Crippen LogP contribution is -2.46. The molecule has 0 aliphatic carbocycles. The molecule has 3 rings (SSSR count).